The quantitative estimate of drug-likeness (QED) is 0.288. The van der Waals surface area contributed by atoms with Gasteiger partial charge in [-0.05, 0) is 48.0 Å². The number of thiazole rings is 1. The van der Waals surface area contributed by atoms with Crippen molar-refractivity contribution in [2.45, 2.75) is 22.4 Å². The Morgan fingerprint density at radius 2 is 1.71 bits per heavy atom. The van der Waals surface area contributed by atoms with E-state index in [4.69, 9.17) is 4.74 Å². The van der Waals surface area contributed by atoms with Crippen LogP contribution >= 0.6 is 23.1 Å². The molecule has 3 unspecified atom stereocenters. The lowest BCUT2D eigenvalue weighted by molar-refractivity contribution is -0.137. The number of alkyl halides is 3. The molecule has 214 valence electrons. The zero-order chi connectivity index (χ0) is 29.6. The zero-order valence-corrected chi connectivity index (χ0v) is 23.0. The zero-order valence-electron chi connectivity index (χ0n) is 21.4. The third-order valence-corrected chi connectivity index (χ3v) is 9.30. The monoisotopic (exact) mass is 611 g/mol. The molecule has 6 rings (SSSR count). The van der Waals surface area contributed by atoms with E-state index in [1.807, 2.05) is 0 Å². The molecule has 3 amide bonds. The normalized spacial score (nSPS) is 19.8. The Kier molecular flexibility index (Phi) is 7.15. The van der Waals surface area contributed by atoms with Crippen molar-refractivity contribution in [2.75, 3.05) is 16.8 Å². The molecule has 3 heterocycles. The number of anilines is 2. The Bertz CT molecular complexity index is 1750. The second-order valence-corrected chi connectivity index (χ2v) is 11.8. The predicted octanol–water partition coefficient (Wildman–Crippen LogP) is 5.27. The molecule has 0 saturated carbocycles. The van der Waals surface area contributed by atoms with Gasteiger partial charge in [0.25, 0.3) is 5.91 Å². The van der Waals surface area contributed by atoms with Crippen molar-refractivity contribution in [1.82, 2.24) is 4.98 Å². The molecule has 2 N–H and O–H groups in total. The Morgan fingerprint density at radius 1 is 0.952 bits per heavy atom. The van der Waals surface area contributed by atoms with Crippen LogP contribution in [0.15, 0.2) is 88.7 Å². The second-order valence-electron chi connectivity index (χ2n) is 9.59. The summed E-state index contributed by atoms with van der Waals surface area (Å²) in [5.41, 5.74) is 0.144. The number of carbonyl (C=O) groups is 3. The summed E-state index contributed by atoms with van der Waals surface area (Å²) < 4.78 is 44.6. The van der Waals surface area contributed by atoms with Gasteiger partial charge in [-0.3, -0.25) is 19.2 Å². The number of hydrogen-bond acceptors (Lipinski definition) is 7. The van der Waals surface area contributed by atoms with Crippen LogP contribution in [0.1, 0.15) is 21.9 Å². The van der Waals surface area contributed by atoms with Gasteiger partial charge in [0, 0.05) is 16.5 Å². The highest BCUT2D eigenvalue weighted by molar-refractivity contribution is 8.00. The topological polar surface area (TPSA) is 109 Å². The fourth-order valence-corrected chi connectivity index (χ4v) is 7.64. The highest BCUT2D eigenvalue weighted by Gasteiger charge is 2.56. The van der Waals surface area contributed by atoms with Crippen LogP contribution in [0.25, 0.3) is 0 Å². The number of rotatable bonds is 6. The minimum absolute atomic E-state index is 0.0276. The Morgan fingerprint density at radius 3 is 2.48 bits per heavy atom. The second kappa shape index (κ2) is 10.8. The summed E-state index contributed by atoms with van der Waals surface area (Å²) >= 11 is 2.14. The molecule has 8 nitrogen and oxygen atoms in total. The number of hydrogen-bond donors (Lipinski definition) is 2. The van der Waals surface area contributed by atoms with Gasteiger partial charge in [-0.15, -0.1) is 0 Å². The van der Waals surface area contributed by atoms with E-state index < -0.39 is 41.3 Å². The van der Waals surface area contributed by atoms with Gasteiger partial charge in [0.05, 0.1) is 22.2 Å². The first kappa shape index (κ1) is 27.8. The summed E-state index contributed by atoms with van der Waals surface area (Å²) in [6.07, 6.45) is -4.55. The van der Waals surface area contributed by atoms with E-state index in [0.29, 0.717) is 21.2 Å². The molecule has 4 aromatic rings. The predicted molar refractivity (Wildman–Crippen MR) is 151 cm³/mol. The van der Waals surface area contributed by atoms with Gasteiger partial charge in [0.2, 0.25) is 11.8 Å². The third kappa shape index (κ3) is 5.21. The summed E-state index contributed by atoms with van der Waals surface area (Å²) in [5, 5.41) is 2.15. The molecular weight excluding hydrogens is 591 g/mol. The summed E-state index contributed by atoms with van der Waals surface area (Å²) in [6, 6.07) is 19.5. The number of nitrogens with zero attached hydrogens (tertiary/aromatic N) is 1. The summed E-state index contributed by atoms with van der Waals surface area (Å²) in [6.45, 7) is -0.492. The summed E-state index contributed by atoms with van der Waals surface area (Å²) in [5.74, 6) is -2.59. The molecule has 0 radical (unpaired) electrons. The lowest BCUT2D eigenvalue weighted by Gasteiger charge is -2.30. The number of benzene rings is 3. The SMILES string of the molecule is O=C(COc1cccc(C2c3sc(=O)[nH]c3SC3C(=O)N(c4ccccc4)C(=O)C32)c1)Nc1cccc(C(F)(F)F)c1. The van der Waals surface area contributed by atoms with E-state index in [0.717, 1.165) is 23.5 Å². The number of halogens is 3. The molecule has 13 heteroatoms. The number of aromatic amines is 1. The molecular formula is C29H20F3N3O5S2. The molecule has 1 aromatic heterocycles. The van der Waals surface area contributed by atoms with E-state index in [9.17, 15) is 32.3 Å². The molecule has 0 bridgehead atoms. The lowest BCUT2D eigenvalue weighted by Crippen LogP contribution is -2.32. The smallest absolute Gasteiger partial charge is 0.416 e. The molecule has 3 atom stereocenters. The maximum atomic E-state index is 13.8. The van der Waals surface area contributed by atoms with Gasteiger partial charge in [0.1, 0.15) is 11.0 Å². The van der Waals surface area contributed by atoms with E-state index in [1.165, 1.54) is 28.8 Å². The number of aromatic nitrogens is 1. The number of thioether (sulfide) groups is 1. The first-order valence-electron chi connectivity index (χ1n) is 12.6. The molecule has 0 aliphatic carbocycles. The first-order chi connectivity index (χ1) is 20.1. The van der Waals surface area contributed by atoms with Crippen molar-refractivity contribution in [3.63, 3.8) is 0 Å². The van der Waals surface area contributed by atoms with Crippen molar-refractivity contribution in [2.24, 2.45) is 5.92 Å². The number of fused-ring (bicyclic) bond motifs is 2. The molecule has 2 aliphatic heterocycles. The van der Waals surface area contributed by atoms with Gasteiger partial charge in [-0.1, -0.05) is 59.5 Å². The minimum Gasteiger partial charge on any atom is -0.484 e. The number of nitrogens with one attached hydrogen (secondary N) is 2. The molecule has 3 aromatic carbocycles. The highest BCUT2D eigenvalue weighted by Crippen LogP contribution is 2.53. The maximum Gasteiger partial charge on any atom is 0.416 e. The van der Waals surface area contributed by atoms with Gasteiger partial charge in [0.15, 0.2) is 6.61 Å². The summed E-state index contributed by atoms with van der Waals surface area (Å²) in [4.78, 5) is 56.3. The number of ether oxygens (including phenoxy) is 1. The van der Waals surface area contributed by atoms with Gasteiger partial charge in [-0.2, -0.15) is 13.2 Å². The Labute approximate surface area is 244 Å². The van der Waals surface area contributed by atoms with Crippen LogP contribution in [0.4, 0.5) is 24.5 Å². The fourth-order valence-electron chi connectivity index (χ4n) is 5.12. The molecule has 1 saturated heterocycles. The number of imide groups is 1. The van der Waals surface area contributed by atoms with E-state index in [2.05, 4.69) is 10.3 Å². The number of H-pyrrole nitrogens is 1. The van der Waals surface area contributed by atoms with Gasteiger partial charge < -0.3 is 15.0 Å². The third-order valence-electron chi connectivity index (χ3n) is 6.90. The number of para-hydroxylation sites is 1. The van der Waals surface area contributed by atoms with Crippen molar-refractivity contribution in [3.8, 4) is 5.75 Å². The van der Waals surface area contributed by atoms with Crippen LogP contribution in [0.2, 0.25) is 0 Å². The lowest BCUT2D eigenvalue weighted by atomic mass is 9.83. The standard InChI is InChI=1S/C29H20F3N3O5S2/c30-29(31,32)16-7-5-8-17(13-16)33-20(36)14-40-19-11-4-6-15(12-19)21-22-24(41-25-23(21)42-28(39)34-25)27(38)35(26(22)37)18-9-2-1-3-10-18/h1-13,21-22,24H,14H2,(H,33,36)(H,34,39). The highest BCUT2D eigenvalue weighted by atomic mass is 32.2. The summed E-state index contributed by atoms with van der Waals surface area (Å²) in [7, 11) is 0. The first-order valence-corrected chi connectivity index (χ1v) is 14.3. The van der Waals surface area contributed by atoms with Crippen LogP contribution in [0, 0.1) is 5.92 Å². The van der Waals surface area contributed by atoms with E-state index in [1.54, 1.807) is 54.6 Å². The van der Waals surface area contributed by atoms with Crippen molar-refractivity contribution in [3.05, 3.63) is 105 Å². The van der Waals surface area contributed by atoms with E-state index >= 15 is 0 Å². The van der Waals surface area contributed by atoms with E-state index in [-0.39, 0.29) is 28.1 Å². The Hall–Kier alpha value is -4.36. The van der Waals surface area contributed by atoms with Crippen molar-refractivity contribution >= 4 is 52.2 Å². The van der Waals surface area contributed by atoms with Crippen LogP contribution in [-0.4, -0.2) is 34.6 Å². The largest absolute Gasteiger partial charge is 0.484 e. The van der Waals surface area contributed by atoms with Crippen LogP contribution < -0.4 is 19.8 Å². The van der Waals surface area contributed by atoms with Crippen LogP contribution in [0.5, 0.6) is 5.75 Å². The maximum absolute atomic E-state index is 13.8. The average Bonchev–Trinajstić information content (AvgIpc) is 3.46. The molecule has 1 fully saturated rings. The molecule has 2 aliphatic rings. The molecule has 0 spiro atoms. The molecule has 42 heavy (non-hydrogen) atoms. The number of amides is 3. The Balaban J connectivity index is 1.25. The van der Waals surface area contributed by atoms with Crippen LogP contribution in [-0.2, 0) is 20.6 Å². The van der Waals surface area contributed by atoms with Crippen molar-refractivity contribution in [1.29, 1.82) is 0 Å². The average molecular weight is 612 g/mol. The van der Waals surface area contributed by atoms with Crippen LogP contribution in [0.3, 0.4) is 0 Å². The minimum atomic E-state index is -4.55. The van der Waals surface area contributed by atoms with Crippen molar-refractivity contribution < 1.29 is 32.3 Å². The van der Waals surface area contributed by atoms with Gasteiger partial charge >= 0.3 is 11.0 Å². The van der Waals surface area contributed by atoms with Gasteiger partial charge in [-0.25, -0.2) is 4.90 Å². The number of carbonyl (C=O) groups excluding carboxylic acids is 3. The fraction of sp³-hybridized carbons (Fsp3) is 0.172.